The van der Waals surface area contributed by atoms with Gasteiger partial charge in [-0.15, -0.1) is 0 Å². The fourth-order valence-corrected chi connectivity index (χ4v) is 3.15. The lowest BCUT2D eigenvalue weighted by Crippen LogP contribution is -2.35. The lowest BCUT2D eigenvalue weighted by molar-refractivity contribution is 0.437. The molecule has 2 rings (SSSR count). The maximum absolute atomic E-state index is 11.6. The molecule has 1 fully saturated rings. The minimum absolute atomic E-state index is 0.495. The van der Waals surface area contributed by atoms with E-state index in [1.54, 1.807) is 0 Å². The first-order valence-electron chi connectivity index (χ1n) is 6.38. The van der Waals surface area contributed by atoms with Crippen molar-refractivity contribution in [2.75, 3.05) is 37.3 Å². The molecule has 0 amide bonds. The Bertz CT molecular complexity index is 539. The molecule has 0 aliphatic carbocycles. The Morgan fingerprint density at radius 1 is 1.05 bits per heavy atom. The van der Waals surface area contributed by atoms with Crippen LogP contribution in [0.3, 0.4) is 0 Å². The highest BCUT2D eigenvalue weighted by atomic mass is 32.2. The number of rotatable bonds is 2. The van der Waals surface area contributed by atoms with Crippen molar-refractivity contribution in [1.29, 1.82) is 0 Å². The summed E-state index contributed by atoms with van der Waals surface area (Å²) in [6, 6.07) is 1.93. The van der Waals surface area contributed by atoms with Gasteiger partial charge >= 0.3 is 0 Å². The van der Waals surface area contributed by atoms with Crippen molar-refractivity contribution in [3.8, 4) is 0 Å². The second-order valence-corrected chi connectivity index (χ2v) is 6.94. The van der Waals surface area contributed by atoms with Crippen molar-refractivity contribution in [2.24, 2.45) is 0 Å². The van der Waals surface area contributed by atoms with E-state index in [2.05, 4.69) is 14.9 Å². The first-order valence-corrected chi connectivity index (χ1v) is 8.23. The molecule has 0 aromatic carbocycles. The van der Waals surface area contributed by atoms with Crippen molar-refractivity contribution in [3.63, 3.8) is 0 Å². The van der Waals surface area contributed by atoms with Crippen LogP contribution in [-0.2, 0) is 10.0 Å². The van der Waals surface area contributed by atoms with E-state index < -0.39 is 10.0 Å². The number of nitrogens with zero attached hydrogens (tertiary/aromatic N) is 4. The first-order chi connectivity index (χ1) is 8.86. The van der Waals surface area contributed by atoms with Gasteiger partial charge in [0, 0.05) is 37.6 Å². The molecule has 2 heterocycles. The molecule has 106 valence electrons. The molecule has 1 aromatic heterocycles. The van der Waals surface area contributed by atoms with E-state index in [0.29, 0.717) is 25.6 Å². The fourth-order valence-electron chi connectivity index (χ4n) is 2.27. The van der Waals surface area contributed by atoms with Crippen LogP contribution in [0, 0.1) is 13.8 Å². The van der Waals surface area contributed by atoms with Crippen LogP contribution in [0.2, 0.25) is 0 Å². The van der Waals surface area contributed by atoms with Gasteiger partial charge in [-0.05, 0) is 26.3 Å². The van der Waals surface area contributed by atoms with Gasteiger partial charge in [0.2, 0.25) is 16.0 Å². The van der Waals surface area contributed by atoms with Crippen LogP contribution in [0.1, 0.15) is 17.8 Å². The Labute approximate surface area is 114 Å². The molecule has 0 unspecified atom stereocenters. The zero-order chi connectivity index (χ0) is 14.0. The number of aryl methyl sites for hydroxylation is 2. The highest BCUT2D eigenvalue weighted by Crippen LogP contribution is 2.14. The van der Waals surface area contributed by atoms with Crippen LogP contribution >= 0.6 is 0 Å². The van der Waals surface area contributed by atoms with Gasteiger partial charge in [-0.1, -0.05) is 0 Å². The second-order valence-electron chi connectivity index (χ2n) is 4.95. The topological polar surface area (TPSA) is 66.4 Å². The number of anilines is 1. The van der Waals surface area contributed by atoms with Gasteiger partial charge in [0.15, 0.2) is 0 Å². The Morgan fingerprint density at radius 2 is 1.68 bits per heavy atom. The molecule has 1 aliphatic rings. The maximum atomic E-state index is 11.6. The first kappa shape index (κ1) is 14.2. The van der Waals surface area contributed by atoms with Crippen molar-refractivity contribution in [1.82, 2.24) is 14.3 Å². The Kier molecular flexibility index (Phi) is 4.05. The average Bonchev–Trinajstić information content (AvgIpc) is 2.52. The molecule has 1 aliphatic heterocycles. The monoisotopic (exact) mass is 284 g/mol. The Balaban J connectivity index is 2.15. The minimum Gasteiger partial charge on any atom is -0.339 e. The molecule has 0 saturated carbocycles. The molecule has 6 nitrogen and oxygen atoms in total. The number of hydrogen-bond donors (Lipinski definition) is 0. The summed E-state index contributed by atoms with van der Waals surface area (Å²) < 4.78 is 24.7. The summed E-state index contributed by atoms with van der Waals surface area (Å²) in [5.41, 5.74) is 1.87. The second kappa shape index (κ2) is 5.42. The third-order valence-electron chi connectivity index (χ3n) is 3.18. The van der Waals surface area contributed by atoms with Crippen LogP contribution in [0.25, 0.3) is 0 Å². The Morgan fingerprint density at radius 3 is 2.26 bits per heavy atom. The third-order valence-corrected chi connectivity index (χ3v) is 4.48. The van der Waals surface area contributed by atoms with Gasteiger partial charge in [0.1, 0.15) is 0 Å². The van der Waals surface area contributed by atoms with Crippen LogP contribution in [0.5, 0.6) is 0 Å². The van der Waals surface area contributed by atoms with Crippen molar-refractivity contribution in [3.05, 3.63) is 17.5 Å². The molecule has 1 saturated heterocycles. The summed E-state index contributed by atoms with van der Waals surface area (Å²) in [7, 11) is -3.11. The SMILES string of the molecule is Cc1cc(C)nc(N2CCCN(S(C)(=O)=O)CC2)n1. The minimum atomic E-state index is -3.11. The van der Waals surface area contributed by atoms with Crippen LogP contribution in [-0.4, -0.2) is 55.1 Å². The number of sulfonamides is 1. The van der Waals surface area contributed by atoms with Gasteiger partial charge < -0.3 is 4.90 Å². The highest BCUT2D eigenvalue weighted by molar-refractivity contribution is 7.88. The van der Waals surface area contributed by atoms with E-state index in [1.807, 2.05) is 19.9 Å². The zero-order valence-corrected chi connectivity index (χ0v) is 12.4. The molecule has 0 bridgehead atoms. The predicted molar refractivity (Wildman–Crippen MR) is 74.8 cm³/mol. The van der Waals surface area contributed by atoms with Gasteiger partial charge in [0.05, 0.1) is 6.26 Å². The average molecular weight is 284 g/mol. The lowest BCUT2D eigenvalue weighted by Gasteiger charge is -2.21. The molecule has 0 spiro atoms. The lowest BCUT2D eigenvalue weighted by atomic mass is 10.3. The molecular weight excluding hydrogens is 264 g/mol. The largest absolute Gasteiger partial charge is 0.339 e. The molecular formula is C12H20N4O2S. The summed E-state index contributed by atoms with van der Waals surface area (Å²) in [5, 5.41) is 0. The van der Waals surface area contributed by atoms with E-state index >= 15 is 0 Å². The normalized spacial score (nSPS) is 18.4. The highest BCUT2D eigenvalue weighted by Gasteiger charge is 2.22. The van der Waals surface area contributed by atoms with Crippen LogP contribution < -0.4 is 4.90 Å². The van der Waals surface area contributed by atoms with E-state index in [0.717, 1.165) is 24.4 Å². The van der Waals surface area contributed by atoms with Crippen molar-refractivity contribution >= 4 is 16.0 Å². The summed E-state index contributed by atoms with van der Waals surface area (Å²) in [4.78, 5) is 10.9. The van der Waals surface area contributed by atoms with Gasteiger partial charge in [0.25, 0.3) is 0 Å². The molecule has 0 atom stereocenters. The van der Waals surface area contributed by atoms with Gasteiger partial charge in [-0.2, -0.15) is 0 Å². The van der Waals surface area contributed by atoms with E-state index in [-0.39, 0.29) is 0 Å². The summed E-state index contributed by atoms with van der Waals surface area (Å²) >= 11 is 0. The smallest absolute Gasteiger partial charge is 0.225 e. The summed E-state index contributed by atoms with van der Waals surface area (Å²) in [6.45, 7) is 6.37. The number of aromatic nitrogens is 2. The molecule has 0 N–H and O–H groups in total. The third kappa shape index (κ3) is 3.63. The fraction of sp³-hybridized carbons (Fsp3) is 0.667. The molecule has 19 heavy (non-hydrogen) atoms. The van der Waals surface area contributed by atoms with Crippen LogP contribution in [0.4, 0.5) is 5.95 Å². The zero-order valence-electron chi connectivity index (χ0n) is 11.6. The van der Waals surface area contributed by atoms with Gasteiger partial charge in [-0.25, -0.2) is 22.7 Å². The van der Waals surface area contributed by atoms with Crippen molar-refractivity contribution < 1.29 is 8.42 Å². The molecule has 7 heteroatoms. The Hall–Kier alpha value is -1.21. The predicted octanol–water partition coefficient (Wildman–Crippen LogP) is 0.565. The molecule has 1 aromatic rings. The molecule has 0 radical (unpaired) electrons. The maximum Gasteiger partial charge on any atom is 0.225 e. The van der Waals surface area contributed by atoms with Crippen molar-refractivity contribution in [2.45, 2.75) is 20.3 Å². The van der Waals surface area contributed by atoms with E-state index in [1.165, 1.54) is 10.6 Å². The summed E-state index contributed by atoms with van der Waals surface area (Å²) in [5.74, 6) is 0.702. The standard InChI is InChI=1S/C12H20N4O2S/c1-10-9-11(2)14-12(13-10)15-5-4-6-16(8-7-15)19(3,17)18/h9H,4-8H2,1-3H3. The number of hydrogen-bond acceptors (Lipinski definition) is 5. The van der Waals surface area contributed by atoms with E-state index in [4.69, 9.17) is 0 Å². The van der Waals surface area contributed by atoms with E-state index in [9.17, 15) is 8.42 Å². The van der Waals surface area contributed by atoms with Crippen LogP contribution in [0.15, 0.2) is 6.07 Å². The summed E-state index contributed by atoms with van der Waals surface area (Å²) in [6.07, 6.45) is 2.05. The quantitative estimate of drug-likeness (QED) is 0.794. The van der Waals surface area contributed by atoms with Gasteiger partial charge in [-0.3, -0.25) is 0 Å².